The highest BCUT2D eigenvalue weighted by Crippen LogP contribution is 2.04. The summed E-state index contributed by atoms with van der Waals surface area (Å²) in [6.45, 7) is 0. The van der Waals surface area contributed by atoms with E-state index in [9.17, 15) is 4.79 Å². The minimum absolute atomic E-state index is 0.324. The molecule has 0 aliphatic rings. The first-order valence-corrected chi connectivity index (χ1v) is 4.51. The van der Waals surface area contributed by atoms with Gasteiger partial charge in [0, 0.05) is 6.42 Å². The Kier molecular flexibility index (Phi) is 4.72. The van der Waals surface area contributed by atoms with Crippen LogP contribution in [-0.4, -0.2) is 13.1 Å². The van der Waals surface area contributed by atoms with E-state index in [4.69, 9.17) is 0 Å². The predicted molar refractivity (Wildman–Crippen MR) is 51.3 cm³/mol. The lowest BCUT2D eigenvalue weighted by Gasteiger charge is -2.00. The molecule has 75 valence electrons. The summed E-state index contributed by atoms with van der Waals surface area (Å²) in [6, 6.07) is 10.6. The predicted octanol–water partition coefficient (Wildman–Crippen LogP) is 1.91. The van der Waals surface area contributed by atoms with Gasteiger partial charge in [-0.2, -0.15) is 4.89 Å². The summed E-state index contributed by atoms with van der Waals surface area (Å²) in [7, 11) is 1.32. The molecule has 0 heterocycles. The molecule has 0 fully saturated rings. The number of aryl methyl sites for hydroxylation is 1. The van der Waals surface area contributed by atoms with Crippen molar-refractivity contribution >= 4 is 5.97 Å². The fraction of sp³-hybridized carbons (Fsp3) is 0.364. The van der Waals surface area contributed by atoms with E-state index in [1.807, 2.05) is 24.3 Å². The van der Waals surface area contributed by atoms with Crippen LogP contribution in [0.2, 0.25) is 0 Å². The molecule has 1 aromatic rings. The molecule has 1 radical (unpaired) electrons. The Balaban J connectivity index is 2.19. The Morgan fingerprint density at radius 1 is 1.43 bits per heavy atom. The van der Waals surface area contributed by atoms with Crippen molar-refractivity contribution in [3.8, 4) is 0 Å². The first-order valence-electron chi connectivity index (χ1n) is 4.51. The molecule has 0 N–H and O–H groups in total. The van der Waals surface area contributed by atoms with E-state index < -0.39 is 0 Å². The normalized spacial score (nSPS) is 9.79. The molecule has 0 amide bonds. The third-order valence-corrected chi connectivity index (χ3v) is 1.81. The zero-order valence-corrected chi connectivity index (χ0v) is 8.16. The quantitative estimate of drug-likeness (QED) is 0.529. The molecular weight excluding hydrogens is 180 g/mol. The van der Waals surface area contributed by atoms with Gasteiger partial charge in [-0.05, 0) is 24.5 Å². The van der Waals surface area contributed by atoms with E-state index in [1.165, 1.54) is 12.7 Å². The molecule has 0 atom stereocenters. The second-order valence-electron chi connectivity index (χ2n) is 2.88. The van der Waals surface area contributed by atoms with E-state index in [-0.39, 0.29) is 5.97 Å². The molecule has 0 spiro atoms. The third-order valence-electron chi connectivity index (χ3n) is 1.81. The standard InChI is InChI=1S/C11H13O3/c1-13-14-11(12)9-5-8-10-6-3-2-4-7-10/h3-4,6-7H,5,8-9H2,1H3. The number of carbonyl (C=O) groups is 1. The fourth-order valence-electron chi connectivity index (χ4n) is 1.16. The lowest BCUT2D eigenvalue weighted by Crippen LogP contribution is -2.03. The summed E-state index contributed by atoms with van der Waals surface area (Å²) in [4.78, 5) is 19.5. The van der Waals surface area contributed by atoms with E-state index >= 15 is 0 Å². The maximum atomic E-state index is 10.9. The van der Waals surface area contributed by atoms with E-state index in [0.717, 1.165) is 12.8 Å². The van der Waals surface area contributed by atoms with Gasteiger partial charge < -0.3 is 0 Å². The Labute approximate surface area is 83.6 Å². The van der Waals surface area contributed by atoms with Gasteiger partial charge in [0.2, 0.25) is 0 Å². The summed E-state index contributed by atoms with van der Waals surface area (Å²) in [5, 5.41) is 0. The van der Waals surface area contributed by atoms with Gasteiger partial charge in [-0.15, -0.1) is 0 Å². The molecule has 1 aromatic carbocycles. The molecule has 0 aliphatic heterocycles. The molecule has 0 saturated carbocycles. The zero-order chi connectivity index (χ0) is 10.2. The third kappa shape index (κ3) is 4.05. The van der Waals surface area contributed by atoms with Crippen molar-refractivity contribution in [1.29, 1.82) is 0 Å². The average molecular weight is 193 g/mol. The monoisotopic (exact) mass is 193 g/mol. The molecule has 1 rings (SSSR count). The van der Waals surface area contributed by atoms with Crippen LogP contribution in [0.15, 0.2) is 24.3 Å². The number of carbonyl (C=O) groups excluding carboxylic acids is 1. The van der Waals surface area contributed by atoms with Gasteiger partial charge >= 0.3 is 5.97 Å². The van der Waals surface area contributed by atoms with Gasteiger partial charge in [0.05, 0.1) is 7.11 Å². The minimum Gasteiger partial charge on any atom is -0.299 e. The second kappa shape index (κ2) is 6.16. The van der Waals surface area contributed by atoms with Crippen molar-refractivity contribution in [3.05, 3.63) is 35.9 Å². The van der Waals surface area contributed by atoms with Crippen LogP contribution in [0.5, 0.6) is 0 Å². The lowest BCUT2D eigenvalue weighted by atomic mass is 10.1. The highest BCUT2D eigenvalue weighted by molar-refractivity contribution is 5.68. The molecular formula is C11H13O3. The first kappa shape index (κ1) is 10.7. The van der Waals surface area contributed by atoms with Crippen LogP contribution < -0.4 is 0 Å². The fourth-order valence-corrected chi connectivity index (χ4v) is 1.16. The van der Waals surface area contributed by atoms with Crippen LogP contribution in [-0.2, 0) is 21.0 Å². The number of hydrogen-bond donors (Lipinski definition) is 0. The maximum Gasteiger partial charge on any atom is 0.342 e. The van der Waals surface area contributed by atoms with Crippen molar-refractivity contribution in [1.82, 2.24) is 0 Å². The van der Waals surface area contributed by atoms with E-state index in [2.05, 4.69) is 15.8 Å². The lowest BCUT2D eigenvalue weighted by molar-refractivity contribution is -0.255. The summed E-state index contributed by atoms with van der Waals surface area (Å²) in [5.74, 6) is -0.324. The smallest absolute Gasteiger partial charge is 0.299 e. The Morgan fingerprint density at radius 2 is 2.14 bits per heavy atom. The van der Waals surface area contributed by atoms with Crippen LogP contribution >= 0.6 is 0 Å². The van der Waals surface area contributed by atoms with Gasteiger partial charge in [0.1, 0.15) is 0 Å². The van der Waals surface area contributed by atoms with Crippen molar-refractivity contribution in [2.75, 3.05) is 7.11 Å². The van der Waals surface area contributed by atoms with Crippen LogP contribution in [0, 0.1) is 6.07 Å². The van der Waals surface area contributed by atoms with E-state index in [1.54, 1.807) is 0 Å². The summed E-state index contributed by atoms with van der Waals surface area (Å²) in [5.41, 5.74) is 1.20. The molecule has 0 aliphatic carbocycles. The molecule has 0 bridgehead atoms. The summed E-state index contributed by atoms with van der Waals surface area (Å²) >= 11 is 0. The summed E-state index contributed by atoms with van der Waals surface area (Å²) < 4.78 is 0. The molecule has 0 aromatic heterocycles. The Bertz CT molecular complexity index is 269. The van der Waals surface area contributed by atoms with Crippen LogP contribution in [0.25, 0.3) is 0 Å². The number of benzene rings is 1. The average Bonchev–Trinajstić information content (AvgIpc) is 2.20. The van der Waals surface area contributed by atoms with Gasteiger partial charge in [-0.25, -0.2) is 4.79 Å². The molecule has 14 heavy (non-hydrogen) atoms. The van der Waals surface area contributed by atoms with Crippen molar-refractivity contribution in [3.63, 3.8) is 0 Å². The van der Waals surface area contributed by atoms with Gasteiger partial charge in [-0.1, -0.05) is 24.3 Å². The Hall–Kier alpha value is -1.35. The zero-order valence-electron chi connectivity index (χ0n) is 8.16. The number of rotatable bonds is 5. The van der Waals surface area contributed by atoms with Crippen molar-refractivity contribution < 1.29 is 14.6 Å². The summed E-state index contributed by atoms with van der Waals surface area (Å²) in [6.07, 6.45) is 2.02. The van der Waals surface area contributed by atoms with Gasteiger partial charge in [0.15, 0.2) is 0 Å². The van der Waals surface area contributed by atoms with Crippen LogP contribution in [0.1, 0.15) is 18.4 Å². The van der Waals surface area contributed by atoms with Crippen molar-refractivity contribution in [2.24, 2.45) is 0 Å². The minimum atomic E-state index is -0.324. The highest BCUT2D eigenvalue weighted by Gasteiger charge is 2.02. The maximum absolute atomic E-state index is 10.9. The second-order valence-corrected chi connectivity index (χ2v) is 2.88. The molecule has 3 heteroatoms. The Morgan fingerprint density at radius 3 is 2.79 bits per heavy atom. The van der Waals surface area contributed by atoms with Gasteiger partial charge in [0.25, 0.3) is 0 Å². The largest absolute Gasteiger partial charge is 0.342 e. The topological polar surface area (TPSA) is 35.5 Å². The van der Waals surface area contributed by atoms with Crippen LogP contribution in [0.3, 0.4) is 0 Å². The molecule has 3 nitrogen and oxygen atoms in total. The number of hydrogen-bond acceptors (Lipinski definition) is 3. The molecule has 0 saturated heterocycles. The van der Waals surface area contributed by atoms with E-state index in [0.29, 0.717) is 6.42 Å². The van der Waals surface area contributed by atoms with Crippen molar-refractivity contribution in [2.45, 2.75) is 19.3 Å². The van der Waals surface area contributed by atoms with Crippen LogP contribution in [0.4, 0.5) is 0 Å². The van der Waals surface area contributed by atoms with Gasteiger partial charge in [-0.3, -0.25) is 4.89 Å². The molecule has 0 unspecified atom stereocenters. The first-order chi connectivity index (χ1) is 6.83. The SMILES string of the molecule is COOC(=O)CCCc1cc[c]cc1. The highest BCUT2D eigenvalue weighted by atomic mass is 17.2.